The van der Waals surface area contributed by atoms with Crippen molar-refractivity contribution in [2.45, 2.75) is 18.8 Å². The SMILES string of the molecule is O=C(c1cc2cc(Br)ccc2[nH]1)N1CCC[C@H](c2nnc3ccccn23)C1. The van der Waals surface area contributed by atoms with Crippen molar-refractivity contribution < 1.29 is 4.79 Å². The number of carbonyl (C=O) groups is 1. The summed E-state index contributed by atoms with van der Waals surface area (Å²) in [5, 5.41) is 9.68. The van der Waals surface area contributed by atoms with Gasteiger partial charge >= 0.3 is 0 Å². The lowest BCUT2D eigenvalue weighted by atomic mass is 9.97. The van der Waals surface area contributed by atoms with Crippen LogP contribution in [0.3, 0.4) is 0 Å². The zero-order valence-electron chi connectivity index (χ0n) is 14.6. The molecular formula is C20H18BrN5O. The molecule has 1 N–H and O–H groups in total. The Labute approximate surface area is 164 Å². The Morgan fingerprint density at radius 3 is 3.04 bits per heavy atom. The zero-order valence-corrected chi connectivity index (χ0v) is 16.2. The van der Waals surface area contributed by atoms with Gasteiger partial charge in [-0.15, -0.1) is 10.2 Å². The van der Waals surface area contributed by atoms with Gasteiger partial charge in [0.1, 0.15) is 11.5 Å². The van der Waals surface area contributed by atoms with Crippen LogP contribution in [0.25, 0.3) is 16.6 Å². The highest BCUT2D eigenvalue weighted by molar-refractivity contribution is 9.10. The van der Waals surface area contributed by atoms with Crippen LogP contribution in [0.5, 0.6) is 0 Å². The standard InChI is InChI=1S/C20H18BrN5O/c21-15-6-7-16-14(10-15)11-17(22-16)20(27)25-8-3-4-13(12-25)19-24-23-18-5-1-2-9-26(18)19/h1-2,5-7,9-11,13,22H,3-4,8,12H2/t13-/m0/s1. The van der Waals surface area contributed by atoms with Gasteiger partial charge in [0.25, 0.3) is 5.91 Å². The number of nitrogens with one attached hydrogen (secondary N) is 1. The van der Waals surface area contributed by atoms with Crippen LogP contribution in [0.1, 0.15) is 35.1 Å². The number of amides is 1. The van der Waals surface area contributed by atoms with Crippen molar-refractivity contribution in [1.82, 2.24) is 24.5 Å². The maximum Gasteiger partial charge on any atom is 0.270 e. The zero-order chi connectivity index (χ0) is 18.4. The fraction of sp³-hybridized carbons (Fsp3) is 0.250. The number of aromatic amines is 1. The molecule has 0 saturated carbocycles. The third kappa shape index (κ3) is 2.92. The highest BCUT2D eigenvalue weighted by Gasteiger charge is 2.29. The largest absolute Gasteiger partial charge is 0.351 e. The molecule has 1 saturated heterocycles. The van der Waals surface area contributed by atoms with Gasteiger partial charge < -0.3 is 9.88 Å². The molecule has 0 radical (unpaired) electrons. The van der Waals surface area contributed by atoms with Crippen molar-refractivity contribution in [2.75, 3.05) is 13.1 Å². The topological polar surface area (TPSA) is 66.3 Å². The molecule has 0 spiro atoms. The Bertz CT molecular complexity index is 1150. The molecule has 27 heavy (non-hydrogen) atoms. The summed E-state index contributed by atoms with van der Waals surface area (Å²) in [5.41, 5.74) is 2.45. The maximum atomic E-state index is 13.1. The van der Waals surface area contributed by atoms with Crippen molar-refractivity contribution >= 4 is 38.4 Å². The predicted octanol–water partition coefficient (Wildman–Crippen LogP) is 3.99. The van der Waals surface area contributed by atoms with E-state index in [0.29, 0.717) is 12.2 Å². The van der Waals surface area contributed by atoms with E-state index in [1.54, 1.807) is 0 Å². The highest BCUT2D eigenvalue weighted by atomic mass is 79.9. The summed E-state index contributed by atoms with van der Waals surface area (Å²) >= 11 is 3.48. The normalized spacial score (nSPS) is 17.7. The van der Waals surface area contributed by atoms with E-state index >= 15 is 0 Å². The summed E-state index contributed by atoms with van der Waals surface area (Å²) in [6, 6.07) is 13.8. The van der Waals surface area contributed by atoms with Crippen molar-refractivity contribution in [3.8, 4) is 0 Å². The molecule has 3 aromatic heterocycles. The third-order valence-corrected chi connectivity index (χ3v) is 5.72. The lowest BCUT2D eigenvalue weighted by Gasteiger charge is -2.31. The minimum absolute atomic E-state index is 0.0424. The molecule has 1 aromatic carbocycles. The van der Waals surface area contributed by atoms with E-state index in [4.69, 9.17) is 0 Å². The number of carbonyl (C=O) groups excluding carboxylic acids is 1. The smallest absolute Gasteiger partial charge is 0.270 e. The predicted molar refractivity (Wildman–Crippen MR) is 107 cm³/mol. The molecule has 1 aliphatic rings. The van der Waals surface area contributed by atoms with Gasteiger partial charge in [-0.1, -0.05) is 22.0 Å². The minimum atomic E-state index is 0.0424. The first-order valence-corrected chi connectivity index (χ1v) is 9.85. The Morgan fingerprint density at radius 2 is 2.11 bits per heavy atom. The molecule has 136 valence electrons. The maximum absolute atomic E-state index is 13.1. The number of hydrogen-bond donors (Lipinski definition) is 1. The van der Waals surface area contributed by atoms with Crippen molar-refractivity contribution in [3.63, 3.8) is 0 Å². The van der Waals surface area contributed by atoms with Crippen LogP contribution in [-0.2, 0) is 0 Å². The Morgan fingerprint density at radius 1 is 1.19 bits per heavy atom. The molecule has 4 heterocycles. The van der Waals surface area contributed by atoms with Crippen LogP contribution in [0.15, 0.2) is 53.1 Å². The average Bonchev–Trinajstić information content (AvgIpc) is 3.31. The van der Waals surface area contributed by atoms with Crippen LogP contribution in [0.2, 0.25) is 0 Å². The Hall–Kier alpha value is -2.67. The highest BCUT2D eigenvalue weighted by Crippen LogP contribution is 2.28. The molecule has 6 nitrogen and oxygen atoms in total. The number of nitrogens with zero attached hydrogens (tertiary/aromatic N) is 4. The van der Waals surface area contributed by atoms with Gasteiger partial charge in [-0.2, -0.15) is 0 Å². The monoisotopic (exact) mass is 423 g/mol. The fourth-order valence-corrected chi connectivity index (χ4v) is 4.28. The van der Waals surface area contributed by atoms with Gasteiger partial charge in [0.2, 0.25) is 0 Å². The van der Waals surface area contributed by atoms with Gasteiger partial charge in [0, 0.05) is 40.6 Å². The van der Waals surface area contributed by atoms with Gasteiger partial charge in [-0.25, -0.2) is 0 Å². The molecular weight excluding hydrogens is 406 g/mol. The molecule has 1 fully saturated rings. The van der Waals surface area contributed by atoms with E-state index in [-0.39, 0.29) is 11.8 Å². The minimum Gasteiger partial charge on any atom is -0.351 e. The molecule has 0 unspecified atom stereocenters. The number of pyridine rings is 1. The molecule has 5 rings (SSSR count). The van der Waals surface area contributed by atoms with E-state index < -0.39 is 0 Å². The number of H-pyrrole nitrogens is 1. The number of halogens is 1. The second kappa shape index (κ2) is 6.49. The Kier molecular flexibility index (Phi) is 3.97. The summed E-state index contributed by atoms with van der Waals surface area (Å²) in [7, 11) is 0. The lowest BCUT2D eigenvalue weighted by Crippen LogP contribution is -2.39. The first-order chi connectivity index (χ1) is 13.2. The number of likely N-dealkylation sites (tertiary alicyclic amines) is 1. The summed E-state index contributed by atoms with van der Waals surface area (Å²) in [6.07, 6.45) is 3.96. The van der Waals surface area contributed by atoms with E-state index in [0.717, 1.165) is 46.2 Å². The number of piperidine rings is 1. The number of fused-ring (bicyclic) bond motifs is 2. The van der Waals surface area contributed by atoms with Crippen LogP contribution < -0.4 is 0 Å². The van der Waals surface area contributed by atoms with Crippen molar-refractivity contribution in [2.24, 2.45) is 0 Å². The van der Waals surface area contributed by atoms with Crippen LogP contribution in [0, 0.1) is 0 Å². The molecule has 1 aliphatic heterocycles. The quantitative estimate of drug-likeness (QED) is 0.529. The molecule has 0 aliphatic carbocycles. The third-order valence-electron chi connectivity index (χ3n) is 5.23. The lowest BCUT2D eigenvalue weighted by molar-refractivity contribution is 0.0699. The van der Waals surface area contributed by atoms with Crippen LogP contribution in [0.4, 0.5) is 0 Å². The van der Waals surface area contributed by atoms with Gasteiger partial charge in [0.15, 0.2) is 5.65 Å². The van der Waals surface area contributed by atoms with Gasteiger partial charge in [-0.05, 0) is 49.2 Å². The molecule has 1 amide bonds. The number of hydrogen-bond acceptors (Lipinski definition) is 3. The fourth-order valence-electron chi connectivity index (χ4n) is 3.90. The van der Waals surface area contributed by atoms with Crippen molar-refractivity contribution in [3.05, 3.63) is 64.7 Å². The summed E-state index contributed by atoms with van der Waals surface area (Å²) in [5.74, 6) is 1.17. The molecule has 0 bridgehead atoms. The average molecular weight is 424 g/mol. The first kappa shape index (κ1) is 16.5. The second-order valence-electron chi connectivity index (χ2n) is 6.99. The van der Waals surface area contributed by atoms with E-state index in [9.17, 15) is 4.79 Å². The summed E-state index contributed by atoms with van der Waals surface area (Å²) in [4.78, 5) is 18.3. The molecule has 1 atom stereocenters. The van der Waals surface area contributed by atoms with E-state index in [2.05, 4.69) is 31.1 Å². The number of benzene rings is 1. The summed E-state index contributed by atoms with van der Waals surface area (Å²) < 4.78 is 3.03. The van der Waals surface area contributed by atoms with Crippen molar-refractivity contribution in [1.29, 1.82) is 0 Å². The second-order valence-corrected chi connectivity index (χ2v) is 7.91. The first-order valence-electron chi connectivity index (χ1n) is 9.06. The van der Waals surface area contributed by atoms with Crippen LogP contribution >= 0.6 is 15.9 Å². The molecule has 4 aromatic rings. The van der Waals surface area contributed by atoms with E-state index in [1.165, 1.54) is 0 Å². The van der Waals surface area contributed by atoms with Gasteiger partial charge in [0.05, 0.1) is 0 Å². The number of aromatic nitrogens is 4. The number of rotatable bonds is 2. The van der Waals surface area contributed by atoms with Gasteiger partial charge in [-0.3, -0.25) is 9.20 Å². The van der Waals surface area contributed by atoms with Crippen LogP contribution in [-0.4, -0.2) is 43.5 Å². The molecule has 7 heteroatoms. The Balaban J connectivity index is 1.42. The summed E-state index contributed by atoms with van der Waals surface area (Å²) in [6.45, 7) is 1.43. The van der Waals surface area contributed by atoms with E-state index in [1.807, 2.05) is 58.0 Å².